The molecule has 44 heavy (non-hydrogen) atoms. The molecule has 10 atom stereocenters. The van der Waals surface area contributed by atoms with Crippen LogP contribution in [0.15, 0.2) is 31.2 Å². The van der Waals surface area contributed by atoms with E-state index in [9.17, 15) is 14.6 Å². The van der Waals surface area contributed by atoms with E-state index in [4.69, 9.17) is 58.4 Å². The summed E-state index contributed by atoms with van der Waals surface area (Å²) in [5.41, 5.74) is 13.1. The second kappa shape index (κ2) is 11.0. The van der Waals surface area contributed by atoms with E-state index in [2.05, 4.69) is 24.9 Å². The van der Waals surface area contributed by atoms with Crippen LogP contribution in [0, 0.1) is 0 Å². The lowest BCUT2D eigenvalue weighted by molar-refractivity contribution is -0.0572. The molecule has 3 aliphatic rings. The zero-order valence-corrected chi connectivity index (χ0v) is 24.8. The summed E-state index contributed by atoms with van der Waals surface area (Å²) in [4.78, 5) is 31.5. The predicted octanol–water partition coefficient (Wildman–Crippen LogP) is 0.240. The fourth-order valence-corrected chi connectivity index (χ4v) is 7.77. The van der Waals surface area contributed by atoms with Crippen LogP contribution in [0.4, 0.5) is 15.9 Å². The van der Waals surface area contributed by atoms with Crippen molar-refractivity contribution >= 4 is 67.4 Å². The normalized spacial score (nSPS) is 38.2. The van der Waals surface area contributed by atoms with Crippen molar-refractivity contribution in [2.45, 2.75) is 49.1 Å². The molecule has 0 spiro atoms. The van der Waals surface area contributed by atoms with E-state index in [0.29, 0.717) is 11.2 Å². The van der Waals surface area contributed by atoms with Gasteiger partial charge in [-0.15, -0.1) is 0 Å². The highest BCUT2D eigenvalue weighted by Crippen LogP contribution is 2.54. The molecule has 0 amide bonds. The van der Waals surface area contributed by atoms with Crippen molar-refractivity contribution < 1.29 is 46.5 Å². The Morgan fingerprint density at radius 1 is 0.955 bits per heavy atom. The number of hydrogen-bond acceptors (Lipinski definition) is 16. The summed E-state index contributed by atoms with van der Waals surface area (Å²) in [7, 11) is 1.35. The monoisotopic (exact) mass is 669 g/mol. The van der Waals surface area contributed by atoms with Gasteiger partial charge in [0.1, 0.15) is 47.9 Å². The Balaban J connectivity index is 1.17. The molecule has 0 bridgehead atoms. The van der Waals surface area contributed by atoms with Crippen molar-refractivity contribution in [3.8, 4) is 0 Å². The summed E-state index contributed by atoms with van der Waals surface area (Å²) < 4.78 is 65.8. The number of rotatable bonds is 2. The maximum Gasteiger partial charge on any atom is 0.325 e. The number of pyridine rings is 1. The lowest BCUT2D eigenvalue weighted by atomic mass is 10.1. The average molecular weight is 669 g/mol. The molecule has 7 rings (SSSR count). The summed E-state index contributed by atoms with van der Waals surface area (Å²) in [6.45, 7) is -5.35. The lowest BCUT2D eigenvalue weighted by Gasteiger charge is -2.30. The smallest absolute Gasteiger partial charge is 0.325 e. The Hall–Kier alpha value is -2.68. The summed E-state index contributed by atoms with van der Waals surface area (Å²) in [5.74, 6) is 0.0931. The van der Waals surface area contributed by atoms with E-state index in [0.717, 1.165) is 0 Å². The highest BCUT2D eigenvalue weighted by atomic mass is 32.5. The SMILES string of the molecule is [B]P1(=O)OC[C@H]2O[C@@H](n3cnc4c(N)ncnc43)C(O)[C@H]2OP(O)(=S)OC[C@H]2O[C@@H](n3cnc4c(N)ccnc43)[C@@H](F)C2O1. The number of ether oxygens (including phenoxy) is 2. The molecule has 2 radical (unpaired) electrons. The summed E-state index contributed by atoms with van der Waals surface area (Å²) in [6.07, 6.45) is -6.48. The van der Waals surface area contributed by atoms with E-state index in [1.54, 1.807) is 0 Å². The Bertz CT molecular complexity index is 1710. The Labute approximate surface area is 252 Å². The van der Waals surface area contributed by atoms with E-state index in [-0.39, 0.29) is 22.6 Å². The van der Waals surface area contributed by atoms with Gasteiger partial charge in [0.15, 0.2) is 35.7 Å². The third kappa shape index (κ3) is 5.21. The molecule has 7 heterocycles. The Morgan fingerprint density at radius 3 is 2.41 bits per heavy atom. The molecule has 23 heteroatoms. The van der Waals surface area contributed by atoms with Gasteiger partial charge in [0.2, 0.25) is 7.57 Å². The standard InChI is InChI=1S/C21H23BFN9O9P2S/c22-42(34)36-3-10-16(14(33)21(39-10)32-7-30-13-17(25)27-5-28-19(13)32)41-43(35,44)37-4-9-15(40-42)11(23)20(38-9)31-6-29-12-8(24)1-2-26-18(12)31/h1-2,5-7,9-11,14-16,20-21,33H,3-4H2,(H2,24,26)(H,35,44)(H2,25,27,28)/t9-,10-,11+,14?,15?,16+,20-,21-,42?,43?/m1/s1. The van der Waals surface area contributed by atoms with Crippen LogP contribution in [0.5, 0.6) is 0 Å². The van der Waals surface area contributed by atoms with E-state index in [1.807, 2.05) is 0 Å². The summed E-state index contributed by atoms with van der Waals surface area (Å²) >= 11 is 5.21. The van der Waals surface area contributed by atoms with Gasteiger partial charge in [0.05, 0.1) is 31.6 Å². The van der Waals surface area contributed by atoms with Crippen LogP contribution in [0.1, 0.15) is 12.5 Å². The number of aliphatic hydroxyl groups is 1. The highest BCUT2D eigenvalue weighted by molar-refractivity contribution is 8.07. The first kappa shape index (κ1) is 30.0. The number of aliphatic hydroxyl groups excluding tert-OH is 1. The molecule has 3 aliphatic heterocycles. The molecular formula is C21H23BFN9O9P2S. The van der Waals surface area contributed by atoms with Crippen LogP contribution in [0.2, 0.25) is 0 Å². The number of alkyl halides is 1. The van der Waals surface area contributed by atoms with Crippen molar-refractivity contribution in [1.29, 1.82) is 0 Å². The molecule has 0 saturated carbocycles. The molecule has 0 aliphatic carbocycles. The number of hydrogen-bond donors (Lipinski definition) is 4. The van der Waals surface area contributed by atoms with Gasteiger partial charge in [-0.05, 0) is 17.9 Å². The van der Waals surface area contributed by atoms with Crippen molar-refractivity contribution in [2.24, 2.45) is 0 Å². The Morgan fingerprint density at radius 2 is 1.61 bits per heavy atom. The minimum absolute atomic E-state index is 0.0931. The fourth-order valence-electron chi connectivity index (χ4n) is 5.32. The van der Waals surface area contributed by atoms with Gasteiger partial charge in [0.25, 0.3) is 7.47 Å². The minimum Gasteiger partial charge on any atom is -0.397 e. The van der Waals surface area contributed by atoms with Crippen molar-refractivity contribution in [3.05, 3.63) is 31.2 Å². The predicted molar refractivity (Wildman–Crippen MR) is 152 cm³/mol. The largest absolute Gasteiger partial charge is 0.397 e. The molecule has 4 aromatic rings. The first-order chi connectivity index (χ1) is 20.9. The van der Waals surface area contributed by atoms with E-state index >= 15 is 4.39 Å². The van der Waals surface area contributed by atoms with Gasteiger partial charge in [-0.3, -0.25) is 18.2 Å². The molecule has 232 valence electrons. The fraction of sp³-hybridized carbons (Fsp3) is 0.476. The van der Waals surface area contributed by atoms with Crippen molar-refractivity contribution in [1.82, 2.24) is 34.1 Å². The topological polar surface area (TPSA) is 239 Å². The number of imidazole rings is 2. The van der Waals surface area contributed by atoms with Crippen molar-refractivity contribution in [2.75, 3.05) is 24.7 Å². The van der Waals surface area contributed by atoms with Gasteiger partial charge in [0, 0.05) is 6.20 Å². The number of nitrogen functional groups attached to an aromatic ring is 2. The Kier molecular flexibility index (Phi) is 7.49. The molecule has 4 aromatic heterocycles. The summed E-state index contributed by atoms with van der Waals surface area (Å²) in [5, 5.41) is 11.2. The van der Waals surface area contributed by atoms with Gasteiger partial charge in [-0.2, -0.15) is 0 Å². The molecular weight excluding hydrogens is 646 g/mol. The first-order valence-corrected chi connectivity index (χ1v) is 17.1. The number of nitrogens with two attached hydrogens (primary N) is 2. The van der Waals surface area contributed by atoms with Crippen LogP contribution in [-0.2, 0) is 43.9 Å². The first-order valence-electron chi connectivity index (χ1n) is 12.9. The zero-order valence-electron chi connectivity index (χ0n) is 22.2. The molecule has 6 N–H and O–H groups in total. The van der Waals surface area contributed by atoms with Crippen molar-refractivity contribution in [3.63, 3.8) is 0 Å². The lowest BCUT2D eigenvalue weighted by Crippen LogP contribution is -2.38. The molecule has 3 fully saturated rings. The zero-order chi connectivity index (χ0) is 31.0. The van der Waals surface area contributed by atoms with Crippen LogP contribution in [-0.4, -0.2) is 102 Å². The number of halogens is 1. The maximum absolute atomic E-state index is 16.0. The van der Waals surface area contributed by atoms with Crippen LogP contribution in [0.25, 0.3) is 22.3 Å². The van der Waals surface area contributed by atoms with Crippen LogP contribution < -0.4 is 11.5 Å². The van der Waals surface area contributed by atoms with Gasteiger partial charge >= 0.3 is 6.72 Å². The van der Waals surface area contributed by atoms with Crippen LogP contribution in [0.3, 0.4) is 0 Å². The molecule has 0 aromatic carbocycles. The summed E-state index contributed by atoms with van der Waals surface area (Å²) in [6, 6.07) is 1.53. The quantitative estimate of drug-likeness (QED) is 0.165. The second-order valence-corrected chi connectivity index (χ2v) is 14.5. The second-order valence-electron chi connectivity index (χ2n) is 10.1. The maximum atomic E-state index is 16.0. The highest BCUT2D eigenvalue weighted by Gasteiger charge is 2.53. The van der Waals surface area contributed by atoms with E-state index < -0.39 is 76.6 Å². The van der Waals surface area contributed by atoms with Gasteiger partial charge in [-0.1, -0.05) is 0 Å². The van der Waals surface area contributed by atoms with Crippen LogP contribution >= 0.6 is 14.2 Å². The molecule has 3 saturated heterocycles. The number of anilines is 2. The minimum atomic E-state index is -4.52. The third-order valence-electron chi connectivity index (χ3n) is 7.35. The number of fused-ring (bicyclic) bond motifs is 4. The number of nitrogens with zero attached hydrogens (tertiary/aromatic N) is 7. The average Bonchev–Trinajstić information content (AvgIpc) is 3.73. The van der Waals surface area contributed by atoms with Gasteiger partial charge in [-0.25, -0.2) is 29.3 Å². The third-order valence-corrected chi connectivity index (χ3v) is 9.95. The molecule has 18 nitrogen and oxygen atoms in total. The van der Waals surface area contributed by atoms with Gasteiger partial charge < -0.3 is 44.5 Å². The molecule has 4 unspecified atom stereocenters. The number of aromatic nitrogens is 7. The van der Waals surface area contributed by atoms with E-state index in [1.165, 1.54) is 40.4 Å².